The number of nitrogen functional groups attached to an aromatic ring is 1. The van der Waals surface area contributed by atoms with Crippen LogP contribution in [0, 0.1) is 0 Å². The first kappa shape index (κ1) is 37.7. The maximum Gasteiger partial charge on any atom is 0.508 e. The summed E-state index contributed by atoms with van der Waals surface area (Å²) < 4.78 is 14.8. The summed E-state index contributed by atoms with van der Waals surface area (Å²) in [7, 11) is 1.26. The number of aliphatic carboxylic acids is 1. The van der Waals surface area contributed by atoms with Gasteiger partial charge in [0.25, 0.3) is 16.9 Å². The zero-order chi connectivity index (χ0) is 33.2. The lowest BCUT2D eigenvalue weighted by atomic mass is 9.98. The first-order valence-electron chi connectivity index (χ1n) is 14.2. The fourth-order valence-corrected chi connectivity index (χ4v) is 7.61. The molecule has 3 aliphatic rings. The maximum absolute atomic E-state index is 12.8. The zero-order valence-corrected chi connectivity index (χ0v) is 28.6. The third-order valence-corrected chi connectivity index (χ3v) is 9.85. The summed E-state index contributed by atoms with van der Waals surface area (Å²) >= 11 is 3.29. The number of halogens is 1. The normalized spacial score (nSPS) is 19.2. The lowest BCUT2D eigenvalue weighted by molar-refractivity contribution is -0.150. The van der Waals surface area contributed by atoms with Crippen LogP contribution < -0.4 is 11.1 Å². The molecule has 1 saturated carbocycles. The van der Waals surface area contributed by atoms with Crippen molar-refractivity contribution in [3.8, 4) is 0 Å². The molecule has 4 N–H and O–H groups in total. The first-order chi connectivity index (χ1) is 22.1. The van der Waals surface area contributed by atoms with E-state index in [2.05, 4.69) is 20.2 Å². The molecule has 2 aliphatic heterocycles. The predicted molar refractivity (Wildman–Crippen MR) is 177 cm³/mol. The zero-order valence-electron chi connectivity index (χ0n) is 25.4. The van der Waals surface area contributed by atoms with Gasteiger partial charge in [0.1, 0.15) is 36.0 Å². The number of nitrogens with zero attached hydrogens (tertiary/aromatic N) is 3. The van der Waals surface area contributed by atoms with E-state index in [4.69, 9.17) is 19.7 Å². The lowest BCUT2D eigenvalue weighted by Crippen LogP contribution is -2.71. The van der Waals surface area contributed by atoms with Gasteiger partial charge in [-0.25, -0.2) is 14.6 Å². The minimum Gasteiger partial charge on any atom is -0.477 e. The smallest absolute Gasteiger partial charge is 0.477 e. The van der Waals surface area contributed by atoms with Crippen molar-refractivity contribution >= 4 is 87.2 Å². The van der Waals surface area contributed by atoms with Crippen LogP contribution in [0.1, 0.15) is 55.3 Å². The van der Waals surface area contributed by atoms with Gasteiger partial charge in [-0.2, -0.15) is 0 Å². The number of carbonyl (C=O) groups excluding carboxylic acids is 4. The second-order valence-corrected chi connectivity index (χ2v) is 12.9. The van der Waals surface area contributed by atoms with E-state index in [1.807, 2.05) is 0 Å². The molecule has 0 aromatic carbocycles. The first-order valence-corrected chi connectivity index (χ1v) is 17.1. The SMILES string of the molecule is CCOC(=O)OC1CCCCC1.CO/N=C(\C(=O)N[C@@H]1C(=O)N2C(C(=O)O)=C(CSC(=O)c3ccco3)CS[C@H]12)c1csc(N)n1.Cl. The Morgan fingerprint density at radius 1 is 1.26 bits per heavy atom. The second kappa shape index (κ2) is 18.0. The van der Waals surface area contributed by atoms with Crippen LogP contribution in [-0.4, -0.2) is 92.5 Å². The van der Waals surface area contributed by atoms with Crippen molar-refractivity contribution < 1.29 is 47.8 Å². The Morgan fingerprint density at radius 3 is 2.60 bits per heavy atom. The highest BCUT2D eigenvalue weighted by atomic mass is 35.5. The number of hydrogen-bond donors (Lipinski definition) is 3. The number of amides is 2. The summed E-state index contributed by atoms with van der Waals surface area (Å²) in [6.45, 7) is 2.17. The topological polar surface area (TPSA) is 213 Å². The summed E-state index contributed by atoms with van der Waals surface area (Å²) in [5, 5.41) is 16.8. The average molecular weight is 732 g/mol. The van der Waals surface area contributed by atoms with E-state index < -0.39 is 35.4 Å². The molecule has 1 saturated heterocycles. The summed E-state index contributed by atoms with van der Waals surface area (Å²) in [6.07, 6.45) is 6.58. The minimum absolute atomic E-state index is 0. The Hall–Kier alpha value is -3.74. The van der Waals surface area contributed by atoms with Crippen LogP contribution in [0.4, 0.5) is 9.93 Å². The number of ether oxygens (including phenoxy) is 2. The standard InChI is InChI=1S/C19H17N5O7S3.C9H16O3.ClH/c1-30-23-11(9-7-34-19(20)21-9)14(25)22-12-15(26)24-13(17(27)28)8(5-32-16(12)24)6-33-18(29)10-3-2-4-31-10;1-2-11-9(10)12-8-6-4-3-5-7-8;/h2-4,7,12,16H,5-6H2,1H3,(H2,20,21)(H,22,25)(H,27,28);8H,2-7H2,1H3;1H/b23-11-;;/t12-,16-;;/m1../s1. The summed E-state index contributed by atoms with van der Waals surface area (Å²) in [6, 6.07) is 2.13. The number of furan rings is 1. The molecule has 0 unspecified atom stereocenters. The van der Waals surface area contributed by atoms with Crippen LogP contribution in [0.25, 0.3) is 0 Å². The van der Waals surface area contributed by atoms with Crippen molar-refractivity contribution in [1.29, 1.82) is 0 Å². The minimum atomic E-state index is -1.29. The van der Waals surface area contributed by atoms with E-state index in [-0.39, 0.29) is 63.1 Å². The molecule has 0 spiro atoms. The molecule has 19 heteroatoms. The third kappa shape index (κ3) is 9.65. The molecule has 4 heterocycles. The highest BCUT2D eigenvalue weighted by Crippen LogP contribution is 2.41. The number of fused-ring (bicyclic) bond motifs is 1. The molecule has 2 aromatic heterocycles. The van der Waals surface area contributed by atoms with Crippen molar-refractivity contribution in [3.63, 3.8) is 0 Å². The van der Waals surface area contributed by atoms with E-state index in [1.165, 1.54) is 55.8 Å². The average Bonchev–Trinajstić information content (AvgIpc) is 3.74. The van der Waals surface area contributed by atoms with E-state index >= 15 is 0 Å². The van der Waals surface area contributed by atoms with Crippen molar-refractivity contribution in [3.05, 3.63) is 46.5 Å². The van der Waals surface area contributed by atoms with Crippen LogP contribution in [0.3, 0.4) is 0 Å². The van der Waals surface area contributed by atoms with Gasteiger partial charge in [0, 0.05) is 16.9 Å². The lowest BCUT2D eigenvalue weighted by Gasteiger charge is -2.49. The quantitative estimate of drug-likeness (QED) is 0.137. The number of β-lactam (4-membered cyclic amide) rings is 1. The van der Waals surface area contributed by atoms with Gasteiger partial charge in [0.05, 0.1) is 12.9 Å². The van der Waals surface area contributed by atoms with Crippen LogP contribution in [0.15, 0.2) is 44.6 Å². The Labute approximate surface area is 288 Å². The van der Waals surface area contributed by atoms with E-state index in [0.29, 0.717) is 12.2 Å². The molecule has 15 nitrogen and oxygen atoms in total. The molecule has 256 valence electrons. The van der Waals surface area contributed by atoms with Gasteiger partial charge in [0.15, 0.2) is 16.6 Å². The highest BCUT2D eigenvalue weighted by Gasteiger charge is 2.54. The van der Waals surface area contributed by atoms with E-state index in [9.17, 15) is 29.1 Å². The molecule has 0 bridgehead atoms. The maximum atomic E-state index is 12.8. The molecule has 2 amide bonds. The number of thiazole rings is 1. The van der Waals surface area contributed by atoms with Gasteiger partial charge < -0.3 is 34.9 Å². The molecule has 2 fully saturated rings. The predicted octanol–water partition coefficient (Wildman–Crippen LogP) is 3.90. The van der Waals surface area contributed by atoms with Gasteiger partial charge in [-0.15, -0.1) is 35.5 Å². The Balaban J connectivity index is 0.000000391. The Bertz CT molecular complexity index is 1490. The summed E-state index contributed by atoms with van der Waals surface area (Å²) in [4.78, 5) is 70.5. The number of oxime groups is 1. The number of thioether (sulfide) groups is 2. The van der Waals surface area contributed by atoms with Crippen LogP contribution in [0.2, 0.25) is 0 Å². The number of carboxylic acids is 1. The molecule has 0 radical (unpaired) electrons. The van der Waals surface area contributed by atoms with Crippen molar-refractivity contribution in [2.75, 3.05) is 31.0 Å². The fourth-order valence-electron chi connectivity index (χ4n) is 4.79. The third-order valence-electron chi connectivity index (χ3n) is 6.88. The number of aromatic nitrogens is 1. The Kier molecular flexibility index (Phi) is 14.4. The van der Waals surface area contributed by atoms with Crippen LogP contribution in [0.5, 0.6) is 0 Å². The number of rotatable bonds is 10. The van der Waals surface area contributed by atoms with Gasteiger partial charge in [-0.1, -0.05) is 23.3 Å². The second-order valence-electron chi connectivity index (χ2n) is 9.93. The molecule has 2 atom stereocenters. The number of anilines is 1. The van der Waals surface area contributed by atoms with E-state index in [1.54, 1.807) is 13.0 Å². The fraction of sp³-hybridized carbons (Fsp3) is 0.464. The van der Waals surface area contributed by atoms with Gasteiger partial charge in [-0.3, -0.25) is 19.3 Å². The highest BCUT2D eigenvalue weighted by molar-refractivity contribution is 8.14. The molecule has 47 heavy (non-hydrogen) atoms. The van der Waals surface area contributed by atoms with Gasteiger partial charge in [0.2, 0.25) is 0 Å². The van der Waals surface area contributed by atoms with Crippen LogP contribution >= 0.6 is 47.3 Å². The number of nitrogens with one attached hydrogen (secondary N) is 1. The number of nitrogens with two attached hydrogens (primary N) is 1. The largest absolute Gasteiger partial charge is 0.508 e. The molecular weight excluding hydrogens is 698 g/mol. The van der Waals surface area contributed by atoms with Gasteiger partial charge in [-0.05, 0) is 50.3 Å². The number of hydrogen-bond acceptors (Lipinski definition) is 15. The van der Waals surface area contributed by atoms with E-state index in [0.717, 1.165) is 40.8 Å². The van der Waals surface area contributed by atoms with Crippen LogP contribution in [-0.2, 0) is 28.7 Å². The van der Waals surface area contributed by atoms with Gasteiger partial charge >= 0.3 is 12.1 Å². The summed E-state index contributed by atoms with van der Waals surface area (Å²) in [5.41, 5.74) is 5.89. The van der Waals surface area contributed by atoms with Crippen molar-refractivity contribution in [2.45, 2.75) is 56.5 Å². The molecule has 1 aliphatic carbocycles. The van der Waals surface area contributed by atoms with Crippen molar-refractivity contribution in [1.82, 2.24) is 15.2 Å². The molecule has 5 rings (SSSR count). The summed E-state index contributed by atoms with van der Waals surface area (Å²) in [5.74, 6) is -2.08. The monoisotopic (exact) mass is 731 g/mol. The molecular formula is C28H34ClN5O10S3. The number of carbonyl (C=O) groups is 5. The molecule has 2 aromatic rings. The van der Waals surface area contributed by atoms with Crippen molar-refractivity contribution in [2.24, 2.45) is 5.16 Å². The Morgan fingerprint density at radius 2 is 2.00 bits per heavy atom. The number of carboxylic acid groups (broad SMARTS) is 1.